The van der Waals surface area contributed by atoms with Crippen molar-refractivity contribution in [3.8, 4) is 0 Å². The molecule has 2 heterocycles. The van der Waals surface area contributed by atoms with Crippen LogP contribution >= 0.6 is 0 Å². The van der Waals surface area contributed by atoms with Gasteiger partial charge in [-0.25, -0.2) is 0 Å². The van der Waals surface area contributed by atoms with Crippen LogP contribution in [0.5, 0.6) is 0 Å². The van der Waals surface area contributed by atoms with E-state index >= 15 is 0 Å². The lowest BCUT2D eigenvalue weighted by Crippen LogP contribution is -2.72. The molecule has 0 aromatic carbocycles. The van der Waals surface area contributed by atoms with Crippen LogP contribution in [-0.2, 0) is 0 Å². The zero-order valence-electron chi connectivity index (χ0n) is 12.2. The van der Waals surface area contributed by atoms with E-state index in [9.17, 15) is 0 Å². The molecule has 0 aromatic rings. The van der Waals surface area contributed by atoms with Crippen LogP contribution in [-0.4, -0.2) is 24.0 Å². The molecule has 0 bridgehead atoms. The molecule has 2 saturated heterocycles. The average molecular weight is 235 g/mol. The van der Waals surface area contributed by atoms with Crippen molar-refractivity contribution < 1.29 is 0 Å². The van der Waals surface area contributed by atoms with Crippen molar-refractivity contribution in [2.24, 2.45) is 16.2 Å². The molecule has 1 aliphatic carbocycles. The molecule has 1 nitrogen and oxygen atoms in total. The minimum Gasteiger partial charge on any atom is -0.300 e. The Morgan fingerprint density at radius 2 is 1.53 bits per heavy atom. The summed E-state index contributed by atoms with van der Waals surface area (Å²) in [7, 11) is 0. The fourth-order valence-corrected chi connectivity index (χ4v) is 6.35. The van der Waals surface area contributed by atoms with E-state index in [4.69, 9.17) is 0 Å². The second-order valence-corrected chi connectivity index (χ2v) is 8.07. The molecule has 1 heteroatoms. The molecule has 2 aliphatic heterocycles. The van der Waals surface area contributed by atoms with Crippen LogP contribution in [0.2, 0.25) is 0 Å². The predicted octanol–water partition coefficient (Wildman–Crippen LogP) is 4.08. The fraction of sp³-hybridized carbons (Fsp3) is 1.00. The second-order valence-electron chi connectivity index (χ2n) is 8.07. The first-order valence-corrected chi connectivity index (χ1v) is 7.65. The predicted molar refractivity (Wildman–Crippen MR) is 73.1 cm³/mol. The van der Waals surface area contributed by atoms with Crippen LogP contribution < -0.4 is 0 Å². The lowest BCUT2D eigenvalue weighted by molar-refractivity contribution is -0.248. The number of nitrogens with zero attached hydrogens (tertiary/aromatic N) is 1. The molecule has 3 rings (SSSR count). The maximum Gasteiger partial charge on any atom is 0.0162 e. The van der Waals surface area contributed by atoms with Gasteiger partial charge in [0.1, 0.15) is 0 Å². The molecule has 1 unspecified atom stereocenters. The number of hydrogen-bond acceptors (Lipinski definition) is 1. The smallest absolute Gasteiger partial charge is 0.0162 e. The van der Waals surface area contributed by atoms with Gasteiger partial charge in [0.05, 0.1) is 0 Å². The zero-order chi connectivity index (χ0) is 12.3. The van der Waals surface area contributed by atoms with Crippen molar-refractivity contribution >= 4 is 0 Å². The molecule has 1 saturated carbocycles. The van der Waals surface area contributed by atoms with Gasteiger partial charge in [-0.15, -0.1) is 0 Å². The number of piperidine rings is 2. The van der Waals surface area contributed by atoms with Crippen molar-refractivity contribution in [3.63, 3.8) is 0 Å². The first kappa shape index (κ1) is 12.0. The third-order valence-electron chi connectivity index (χ3n) is 6.50. The van der Waals surface area contributed by atoms with Gasteiger partial charge in [0.15, 0.2) is 0 Å². The molecule has 0 amide bonds. The highest BCUT2D eigenvalue weighted by Crippen LogP contribution is 2.73. The number of hydrogen-bond donors (Lipinski definition) is 0. The Morgan fingerprint density at radius 3 is 2.18 bits per heavy atom. The molecule has 0 radical (unpaired) electrons. The molecule has 3 aliphatic rings. The van der Waals surface area contributed by atoms with Gasteiger partial charge in [0, 0.05) is 6.04 Å². The number of rotatable bonds is 0. The maximum absolute atomic E-state index is 2.84. The van der Waals surface area contributed by atoms with Crippen LogP contribution in [0, 0.1) is 16.2 Å². The Balaban J connectivity index is 1.98. The van der Waals surface area contributed by atoms with E-state index in [0.717, 1.165) is 6.04 Å². The molecule has 17 heavy (non-hydrogen) atoms. The largest absolute Gasteiger partial charge is 0.300 e. The molecular weight excluding hydrogens is 206 g/mol. The topological polar surface area (TPSA) is 3.24 Å². The van der Waals surface area contributed by atoms with Crippen LogP contribution in [0.25, 0.3) is 0 Å². The summed E-state index contributed by atoms with van der Waals surface area (Å²) in [6, 6.07) is 0.892. The Kier molecular flexibility index (Phi) is 2.47. The van der Waals surface area contributed by atoms with Gasteiger partial charge < -0.3 is 0 Å². The lowest BCUT2D eigenvalue weighted by Gasteiger charge is -2.74. The van der Waals surface area contributed by atoms with Gasteiger partial charge in [-0.05, 0) is 61.4 Å². The fourth-order valence-electron chi connectivity index (χ4n) is 6.35. The van der Waals surface area contributed by atoms with E-state index in [2.05, 4.69) is 32.6 Å². The normalized spacial score (nSPS) is 38.5. The van der Waals surface area contributed by atoms with Gasteiger partial charge in [-0.3, -0.25) is 4.90 Å². The van der Waals surface area contributed by atoms with Crippen molar-refractivity contribution in [3.05, 3.63) is 0 Å². The third-order valence-corrected chi connectivity index (χ3v) is 6.50. The first-order valence-electron chi connectivity index (χ1n) is 7.65. The van der Waals surface area contributed by atoms with Crippen LogP contribution in [0.3, 0.4) is 0 Å². The average Bonchev–Trinajstić information content (AvgIpc) is 2.26. The minimum absolute atomic E-state index is 0.567. The molecule has 0 N–H and O–H groups in total. The van der Waals surface area contributed by atoms with Crippen molar-refractivity contribution in [2.45, 2.75) is 72.3 Å². The number of fused-ring (bicyclic) bond motifs is 2. The van der Waals surface area contributed by atoms with E-state index < -0.39 is 0 Å². The summed E-state index contributed by atoms with van der Waals surface area (Å²) in [4.78, 5) is 2.84. The highest BCUT2D eigenvalue weighted by molar-refractivity contribution is 5.19. The summed E-state index contributed by atoms with van der Waals surface area (Å²) in [5, 5.41) is 0. The van der Waals surface area contributed by atoms with Crippen molar-refractivity contribution in [1.82, 2.24) is 4.90 Å². The molecular formula is C16H29N. The summed E-state index contributed by atoms with van der Waals surface area (Å²) in [6.45, 7) is 12.9. The van der Waals surface area contributed by atoms with E-state index in [1.165, 1.54) is 51.6 Å². The highest BCUT2D eigenvalue weighted by atomic mass is 15.2. The van der Waals surface area contributed by atoms with Gasteiger partial charge in [-0.2, -0.15) is 0 Å². The zero-order valence-corrected chi connectivity index (χ0v) is 12.2. The highest BCUT2D eigenvalue weighted by Gasteiger charge is 2.69. The van der Waals surface area contributed by atoms with E-state index in [1.807, 2.05) is 0 Å². The second kappa shape index (κ2) is 3.50. The third kappa shape index (κ3) is 1.35. The summed E-state index contributed by atoms with van der Waals surface area (Å²) in [6.07, 6.45) is 8.71. The summed E-state index contributed by atoms with van der Waals surface area (Å²) in [5.41, 5.74) is 1.74. The molecule has 98 valence electrons. The van der Waals surface area contributed by atoms with Gasteiger partial charge in [0.25, 0.3) is 0 Å². The van der Waals surface area contributed by atoms with E-state index in [0.29, 0.717) is 16.2 Å². The van der Waals surface area contributed by atoms with Gasteiger partial charge in [0.2, 0.25) is 0 Å². The van der Waals surface area contributed by atoms with Crippen LogP contribution in [0.4, 0.5) is 0 Å². The van der Waals surface area contributed by atoms with Crippen LogP contribution in [0.15, 0.2) is 0 Å². The Morgan fingerprint density at radius 1 is 0.882 bits per heavy atom. The van der Waals surface area contributed by atoms with Crippen molar-refractivity contribution in [2.75, 3.05) is 13.1 Å². The molecule has 0 aromatic heterocycles. The Labute approximate surface area is 107 Å². The van der Waals surface area contributed by atoms with Gasteiger partial charge >= 0.3 is 0 Å². The SMILES string of the molecule is CC1(C)CC(C)(C)C12CCCN1CCCCC12. The molecule has 3 fully saturated rings. The lowest BCUT2D eigenvalue weighted by atomic mass is 9.34. The molecule has 1 atom stereocenters. The van der Waals surface area contributed by atoms with E-state index in [-0.39, 0.29) is 0 Å². The van der Waals surface area contributed by atoms with E-state index in [1.54, 1.807) is 0 Å². The standard InChI is InChI=1S/C16H29N/c1-14(2)12-15(3,4)16(14)9-7-11-17-10-6-5-8-13(16)17/h13H,5-12H2,1-4H3. The summed E-state index contributed by atoms with van der Waals surface area (Å²) < 4.78 is 0. The Hall–Kier alpha value is -0.0400. The first-order chi connectivity index (χ1) is 7.91. The minimum atomic E-state index is 0.567. The summed E-state index contributed by atoms with van der Waals surface area (Å²) >= 11 is 0. The Bertz CT molecular complexity index is 299. The summed E-state index contributed by atoms with van der Waals surface area (Å²) in [5.74, 6) is 0. The maximum atomic E-state index is 2.84. The van der Waals surface area contributed by atoms with Gasteiger partial charge in [-0.1, -0.05) is 34.1 Å². The molecule has 1 spiro atoms. The monoisotopic (exact) mass is 235 g/mol. The van der Waals surface area contributed by atoms with Crippen LogP contribution in [0.1, 0.15) is 66.2 Å². The quantitative estimate of drug-likeness (QED) is 0.611. The van der Waals surface area contributed by atoms with Crippen molar-refractivity contribution in [1.29, 1.82) is 0 Å².